The summed E-state index contributed by atoms with van der Waals surface area (Å²) in [4.78, 5) is 13.4. The van der Waals surface area contributed by atoms with Crippen LogP contribution in [0.15, 0.2) is 0 Å². The van der Waals surface area contributed by atoms with E-state index in [1.54, 1.807) is 0 Å². The van der Waals surface area contributed by atoms with Gasteiger partial charge in [-0.2, -0.15) is 0 Å². The summed E-state index contributed by atoms with van der Waals surface area (Å²) in [6, 6.07) is 0. The van der Waals surface area contributed by atoms with Gasteiger partial charge < -0.3 is 16.4 Å². The molecule has 4 nitrogen and oxygen atoms in total. The Hall–Kier alpha value is -0.610. The van der Waals surface area contributed by atoms with Crippen LogP contribution in [0.2, 0.25) is 0 Å². The molecular formula is C9H17N3O. The van der Waals surface area contributed by atoms with E-state index < -0.39 is 5.54 Å². The number of carbonyl (C=O) groups is 1. The number of primary amides is 1. The Kier molecular flexibility index (Phi) is 1.69. The lowest BCUT2D eigenvalue weighted by molar-refractivity contribution is -0.121. The number of nitrogens with zero attached hydrogens (tertiary/aromatic N) is 1. The lowest BCUT2D eigenvalue weighted by atomic mass is 9.88. The fraction of sp³-hybridized carbons (Fsp3) is 0.889. The van der Waals surface area contributed by atoms with Crippen molar-refractivity contribution in [1.82, 2.24) is 4.90 Å². The number of carbonyl (C=O) groups excluding carboxylic acids is 1. The van der Waals surface area contributed by atoms with Crippen LogP contribution >= 0.6 is 0 Å². The van der Waals surface area contributed by atoms with Gasteiger partial charge in [-0.25, -0.2) is 0 Å². The van der Waals surface area contributed by atoms with E-state index in [0.717, 1.165) is 32.4 Å². The molecule has 0 aromatic carbocycles. The van der Waals surface area contributed by atoms with E-state index in [0.29, 0.717) is 0 Å². The van der Waals surface area contributed by atoms with Gasteiger partial charge in [0, 0.05) is 5.41 Å². The average Bonchev–Trinajstić information content (AvgIpc) is 2.66. The predicted octanol–water partition coefficient (Wildman–Crippen LogP) is -0.715. The lowest BCUT2D eigenvalue weighted by Crippen LogP contribution is -2.47. The molecular weight excluding hydrogens is 166 g/mol. The number of hydrogen-bond acceptors (Lipinski definition) is 3. The van der Waals surface area contributed by atoms with E-state index in [4.69, 9.17) is 11.5 Å². The highest BCUT2D eigenvalue weighted by Crippen LogP contribution is 2.60. The van der Waals surface area contributed by atoms with Gasteiger partial charge in [-0.15, -0.1) is 0 Å². The largest absolute Gasteiger partial charge is 0.368 e. The van der Waals surface area contributed by atoms with Gasteiger partial charge in [-0.1, -0.05) is 0 Å². The maximum atomic E-state index is 11.1. The molecule has 1 saturated heterocycles. The third kappa shape index (κ3) is 1.09. The van der Waals surface area contributed by atoms with E-state index in [-0.39, 0.29) is 11.3 Å². The van der Waals surface area contributed by atoms with Crippen molar-refractivity contribution in [1.29, 1.82) is 0 Å². The van der Waals surface area contributed by atoms with Crippen molar-refractivity contribution in [2.75, 3.05) is 20.1 Å². The molecule has 0 aromatic heterocycles. The summed E-state index contributed by atoms with van der Waals surface area (Å²) in [7, 11) is 2.09. The predicted molar refractivity (Wildman–Crippen MR) is 49.9 cm³/mol. The Morgan fingerprint density at radius 3 is 2.31 bits per heavy atom. The van der Waals surface area contributed by atoms with Crippen molar-refractivity contribution in [3.05, 3.63) is 0 Å². The number of rotatable bonds is 1. The maximum absolute atomic E-state index is 11.1. The molecule has 1 atom stereocenters. The molecule has 2 rings (SSSR count). The number of likely N-dealkylation sites (tertiary alicyclic amines) is 1. The molecule has 13 heavy (non-hydrogen) atoms. The molecule has 0 bridgehead atoms. The zero-order chi connectivity index (χ0) is 9.69. The van der Waals surface area contributed by atoms with Crippen molar-refractivity contribution in [3.8, 4) is 0 Å². The molecule has 2 fully saturated rings. The molecule has 4 N–H and O–H groups in total. The summed E-state index contributed by atoms with van der Waals surface area (Å²) < 4.78 is 0. The second-order valence-corrected chi connectivity index (χ2v) is 4.60. The number of hydrogen-bond donors (Lipinski definition) is 2. The standard InChI is InChI=1S/C9H17N3O/c1-12-4-2-8(3-5-12)6-9(8,11)7(10)13/h2-6,11H2,1H3,(H2,10,13). The maximum Gasteiger partial charge on any atom is 0.238 e. The molecule has 2 aliphatic rings. The molecule has 1 unspecified atom stereocenters. The first-order valence-corrected chi connectivity index (χ1v) is 4.78. The Morgan fingerprint density at radius 1 is 1.38 bits per heavy atom. The van der Waals surface area contributed by atoms with E-state index >= 15 is 0 Å². The highest BCUT2D eigenvalue weighted by molar-refractivity contribution is 5.89. The molecule has 1 spiro atoms. The van der Waals surface area contributed by atoms with Crippen LogP contribution in [0.25, 0.3) is 0 Å². The minimum atomic E-state index is -0.686. The van der Waals surface area contributed by atoms with Gasteiger partial charge in [-0.05, 0) is 39.4 Å². The Bertz CT molecular complexity index is 245. The molecule has 0 radical (unpaired) electrons. The van der Waals surface area contributed by atoms with Crippen LogP contribution in [-0.2, 0) is 4.79 Å². The zero-order valence-corrected chi connectivity index (χ0v) is 8.05. The molecule has 1 saturated carbocycles. The van der Waals surface area contributed by atoms with Crippen LogP contribution in [0, 0.1) is 5.41 Å². The zero-order valence-electron chi connectivity index (χ0n) is 8.05. The van der Waals surface area contributed by atoms with Crippen molar-refractivity contribution >= 4 is 5.91 Å². The fourth-order valence-electron chi connectivity index (χ4n) is 2.51. The van der Waals surface area contributed by atoms with Gasteiger partial charge in [0.25, 0.3) is 0 Å². The quantitative estimate of drug-likeness (QED) is 0.564. The summed E-state index contributed by atoms with van der Waals surface area (Å²) in [5, 5.41) is 0. The van der Waals surface area contributed by atoms with Crippen LogP contribution in [0.5, 0.6) is 0 Å². The third-order valence-corrected chi connectivity index (χ3v) is 3.82. The van der Waals surface area contributed by atoms with E-state index in [1.807, 2.05) is 0 Å². The van der Waals surface area contributed by atoms with Gasteiger partial charge in [0.1, 0.15) is 5.54 Å². The molecule has 4 heteroatoms. The molecule has 1 aliphatic heterocycles. The number of amides is 1. The summed E-state index contributed by atoms with van der Waals surface area (Å²) in [6.45, 7) is 2.07. The summed E-state index contributed by atoms with van der Waals surface area (Å²) >= 11 is 0. The number of nitrogens with two attached hydrogens (primary N) is 2. The topological polar surface area (TPSA) is 72.3 Å². The van der Waals surface area contributed by atoms with Gasteiger partial charge >= 0.3 is 0 Å². The van der Waals surface area contributed by atoms with Crippen molar-refractivity contribution in [2.24, 2.45) is 16.9 Å². The molecule has 1 aliphatic carbocycles. The van der Waals surface area contributed by atoms with E-state index in [9.17, 15) is 4.79 Å². The van der Waals surface area contributed by atoms with Gasteiger partial charge in [0.05, 0.1) is 0 Å². The van der Waals surface area contributed by atoms with Gasteiger partial charge in [0.15, 0.2) is 0 Å². The van der Waals surface area contributed by atoms with Gasteiger partial charge in [-0.3, -0.25) is 4.79 Å². The van der Waals surface area contributed by atoms with Crippen molar-refractivity contribution < 1.29 is 4.79 Å². The highest BCUT2D eigenvalue weighted by Gasteiger charge is 2.68. The average molecular weight is 183 g/mol. The van der Waals surface area contributed by atoms with Crippen LogP contribution < -0.4 is 11.5 Å². The Labute approximate surface area is 78.2 Å². The first-order chi connectivity index (χ1) is 6.00. The van der Waals surface area contributed by atoms with Crippen molar-refractivity contribution in [2.45, 2.75) is 24.8 Å². The third-order valence-electron chi connectivity index (χ3n) is 3.82. The van der Waals surface area contributed by atoms with Crippen LogP contribution in [-0.4, -0.2) is 36.5 Å². The Balaban J connectivity index is 2.07. The minimum Gasteiger partial charge on any atom is -0.368 e. The first kappa shape index (κ1) is 8.97. The monoisotopic (exact) mass is 183 g/mol. The van der Waals surface area contributed by atoms with Crippen molar-refractivity contribution in [3.63, 3.8) is 0 Å². The molecule has 0 aromatic rings. The van der Waals surface area contributed by atoms with E-state index in [1.165, 1.54) is 0 Å². The Morgan fingerprint density at radius 2 is 1.92 bits per heavy atom. The van der Waals surface area contributed by atoms with Gasteiger partial charge in [0.2, 0.25) is 5.91 Å². The summed E-state index contributed by atoms with van der Waals surface area (Å²) in [6.07, 6.45) is 2.83. The summed E-state index contributed by atoms with van der Waals surface area (Å²) in [5.41, 5.74) is 10.6. The summed E-state index contributed by atoms with van der Waals surface area (Å²) in [5.74, 6) is -0.322. The SMILES string of the molecule is CN1CCC2(CC1)CC2(N)C(N)=O. The molecule has 1 heterocycles. The molecule has 1 amide bonds. The van der Waals surface area contributed by atoms with E-state index in [2.05, 4.69) is 11.9 Å². The second kappa shape index (κ2) is 2.45. The van der Waals surface area contributed by atoms with Crippen LogP contribution in [0.3, 0.4) is 0 Å². The number of piperidine rings is 1. The smallest absolute Gasteiger partial charge is 0.238 e. The van der Waals surface area contributed by atoms with Crippen LogP contribution in [0.4, 0.5) is 0 Å². The first-order valence-electron chi connectivity index (χ1n) is 4.78. The van der Waals surface area contributed by atoms with Crippen LogP contribution in [0.1, 0.15) is 19.3 Å². The second-order valence-electron chi connectivity index (χ2n) is 4.60. The fourth-order valence-corrected chi connectivity index (χ4v) is 2.51. The lowest BCUT2D eigenvalue weighted by Gasteiger charge is -2.31. The molecule has 74 valence electrons. The minimum absolute atomic E-state index is 0.0470. The normalized spacial score (nSPS) is 37.7. The highest BCUT2D eigenvalue weighted by atomic mass is 16.1.